The number of halogens is 1. The van der Waals surface area contributed by atoms with Gasteiger partial charge in [0.05, 0.1) is 22.5 Å². The molecule has 0 spiro atoms. The molecular weight excluding hydrogens is 430 g/mol. The lowest BCUT2D eigenvalue weighted by molar-refractivity contribution is 0.410. The molecule has 0 saturated carbocycles. The van der Waals surface area contributed by atoms with Gasteiger partial charge in [0.1, 0.15) is 11.5 Å². The molecule has 154 valence electrons. The van der Waals surface area contributed by atoms with E-state index in [0.29, 0.717) is 22.1 Å². The monoisotopic (exact) mass is 445 g/mol. The van der Waals surface area contributed by atoms with Crippen molar-refractivity contribution in [3.63, 3.8) is 0 Å². The van der Waals surface area contributed by atoms with Gasteiger partial charge in [0.2, 0.25) is 10.0 Å². The fourth-order valence-corrected chi connectivity index (χ4v) is 4.26. The molecule has 2 heterocycles. The van der Waals surface area contributed by atoms with Gasteiger partial charge in [-0.3, -0.25) is 9.59 Å². The molecule has 8 nitrogen and oxygen atoms in total. The Hall–Kier alpha value is -3.14. The summed E-state index contributed by atoms with van der Waals surface area (Å²) >= 11 is 5.89. The molecule has 0 aliphatic carbocycles. The molecule has 0 aliphatic heterocycles. The van der Waals surface area contributed by atoms with Crippen LogP contribution in [0, 0.1) is 0 Å². The van der Waals surface area contributed by atoms with Crippen molar-refractivity contribution < 1.29 is 12.8 Å². The highest BCUT2D eigenvalue weighted by Crippen LogP contribution is 2.26. The quantitative estimate of drug-likeness (QED) is 0.458. The molecule has 30 heavy (non-hydrogen) atoms. The number of aromatic nitrogens is 2. The predicted molar refractivity (Wildman–Crippen MR) is 113 cm³/mol. The summed E-state index contributed by atoms with van der Waals surface area (Å²) in [5.41, 5.74) is -0.277. The van der Waals surface area contributed by atoms with Crippen LogP contribution in [-0.4, -0.2) is 29.7 Å². The van der Waals surface area contributed by atoms with Gasteiger partial charge in [0.25, 0.3) is 0 Å². The lowest BCUT2D eigenvalue weighted by Crippen LogP contribution is -2.29. The minimum Gasteiger partial charge on any atom is -0.460 e. The van der Waals surface area contributed by atoms with Gasteiger partial charge in [-0.15, -0.1) is 0 Å². The SMILES string of the molecule is CN(Cc1ccc(-c2ccc(Cl)cc2)o1)S(=O)(=O)c1ccc2[nH]c(=O)c(=O)[nH]c2c1. The van der Waals surface area contributed by atoms with Crippen molar-refractivity contribution in [2.24, 2.45) is 0 Å². The van der Waals surface area contributed by atoms with Gasteiger partial charge in [0.15, 0.2) is 0 Å². The topological polar surface area (TPSA) is 116 Å². The van der Waals surface area contributed by atoms with E-state index in [1.54, 1.807) is 24.3 Å². The Balaban J connectivity index is 1.60. The maximum atomic E-state index is 13.0. The minimum atomic E-state index is -3.87. The van der Waals surface area contributed by atoms with Crippen molar-refractivity contribution in [1.29, 1.82) is 0 Å². The first-order valence-corrected chi connectivity index (χ1v) is 10.6. The second-order valence-electron chi connectivity index (χ2n) is 6.65. The molecule has 2 aromatic heterocycles. The number of aromatic amines is 2. The average Bonchev–Trinajstić information content (AvgIpc) is 3.17. The van der Waals surface area contributed by atoms with Crippen LogP contribution in [0.15, 0.2) is 73.5 Å². The van der Waals surface area contributed by atoms with Crippen LogP contribution in [0.4, 0.5) is 0 Å². The summed E-state index contributed by atoms with van der Waals surface area (Å²) in [6.07, 6.45) is 0. The number of hydrogen-bond acceptors (Lipinski definition) is 5. The maximum Gasteiger partial charge on any atom is 0.314 e. The van der Waals surface area contributed by atoms with Crippen LogP contribution >= 0.6 is 11.6 Å². The van der Waals surface area contributed by atoms with Gasteiger partial charge < -0.3 is 14.4 Å². The third kappa shape index (κ3) is 3.82. The van der Waals surface area contributed by atoms with E-state index in [9.17, 15) is 18.0 Å². The van der Waals surface area contributed by atoms with Crippen molar-refractivity contribution >= 4 is 32.7 Å². The van der Waals surface area contributed by atoms with Crippen LogP contribution in [0.25, 0.3) is 22.4 Å². The number of H-pyrrole nitrogens is 2. The molecule has 0 radical (unpaired) electrons. The number of nitrogens with one attached hydrogen (secondary N) is 2. The van der Waals surface area contributed by atoms with E-state index in [4.69, 9.17) is 16.0 Å². The predicted octanol–water partition coefficient (Wildman–Crippen LogP) is 2.95. The van der Waals surface area contributed by atoms with E-state index in [1.165, 1.54) is 25.2 Å². The Bertz CT molecular complexity index is 1450. The maximum absolute atomic E-state index is 13.0. The summed E-state index contributed by atoms with van der Waals surface area (Å²) in [6.45, 7) is 0.0100. The molecule has 0 atom stereocenters. The molecule has 0 fully saturated rings. The molecular formula is C20H16ClN3O5S. The lowest BCUT2D eigenvalue weighted by atomic mass is 10.2. The van der Waals surface area contributed by atoms with Gasteiger partial charge in [-0.1, -0.05) is 11.6 Å². The number of fused-ring (bicyclic) bond motifs is 1. The molecule has 2 aromatic carbocycles. The summed E-state index contributed by atoms with van der Waals surface area (Å²) in [4.78, 5) is 27.7. The second kappa shape index (κ2) is 7.60. The van der Waals surface area contributed by atoms with Crippen molar-refractivity contribution in [2.75, 3.05) is 7.05 Å². The van der Waals surface area contributed by atoms with Crippen molar-refractivity contribution in [1.82, 2.24) is 14.3 Å². The highest BCUT2D eigenvalue weighted by molar-refractivity contribution is 7.89. The number of nitrogens with zero attached hydrogens (tertiary/aromatic N) is 1. The van der Waals surface area contributed by atoms with Crippen molar-refractivity contribution in [2.45, 2.75) is 11.4 Å². The first kappa shape index (κ1) is 20.1. The summed E-state index contributed by atoms with van der Waals surface area (Å²) in [5, 5.41) is 0.608. The van der Waals surface area contributed by atoms with E-state index in [-0.39, 0.29) is 17.0 Å². The Morgan fingerprint density at radius 2 is 1.60 bits per heavy atom. The number of benzene rings is 2. The van der Waals surface area contributed by atoms with E-state index < -0.39 is 21.1 Å². The molecule has 4 aromatic rings. The molecule has 0 aliphatic rings. The van der Waals surface area contributed by atoms with Crippen molar-refractivity contribution in [3.05, 3.63) is 86.1 Å². The zero-order valence-electron chi connectivity index (χ0n) is 15.7. The Kier molecular flexibility index (Phi) is 5.10. The van der Waals surface area contributed by atoms with Crippen LogP contribution in [0.5, 0.6) is 0 Å². The van der Waals surface area contributed by atoms with E-state index in [0.717, 1.165) is 9.87 Å². The van der Waals surface area contributed by atoms with Crippen LogP contribution in [0.1, 0.15) is 5.76 Å². The molecule has 10 heteroatoms. The minimum absolute atomic E-state index is 0.0100. The average molecular weight is 446 g/mol. The Morgan fingerprint density at radius 1 is 0.933 bits per heavy atom. The molecule has 0 saturated heterocycles. The van der Waals surface area contributed by atoms with E-state index in [2.05, 4.69) is 9.97 Å². The smallest absolute Gasteiger partial charge is 0.314 e. The summed E-state index contributed by atoms with van der Waals surface area (Å²) < 4.78 is 32.8. The first-order chi connectivity index (χ1) is 14.2. The fraction of sp³-hybridized carbons (Fsp3) is 0.100. The van der Waals surface area contributed by atoms with Crippen LogP contribution in [0.3, 0.4) is 0 Å². The Morgan fingerprint density at radius 3 is 2.30 bits per heavy atom. The van der Waals surface area contributed by atoms with Gasteiger partial charge in [-0.05, 0) is 54.6 Å². The van der Waals surface area contributed by atoms with Crippen LogP contribution in [0.2, 0.25) is 5.02 Å². The number of rotatable bonds is 5. The highest BCUT2D eigenvalue weighted by atomic mass is 35.5. The van der Waals surface area contributed by atoms with Gasteiger partial charge in [-0.2, -0.15) is 4.31 Å². The third-order valence-electron chi connectivity index (χ3n) is 4.57. The zero-order chi connectivity index (χ0) is 21.5. The normalized spacial score (nSPS) is 12.0. The highest BCUT2D eigenvalue weighted by Gasteiger charge is 2.23. The molecule has 0 unspecified atom stereocenters. The zero-order valence-corrected chi connectivity index (χ0v) is 17.3. The molecule has 0 bridgehead atoms. The number of hydrogen-bond donors (Lipinski definition) is 2. The number of furan rings is 1. The third-order valence-corrected chi connectivity index (χ3v) is 6.62. The van der Waals surface area contributed by atoms with E-state index in [1.807, 2.05) is 12.1 Å². The van der Waals surface area contributed by atoms with Crippen molar-refractivity contribution in [3.8, 4) is 11.3 Å². The summed E-state index contributed by atoms with van der Waals surface area (Å²) in [7, 11) is -2.44. The van der Waals surface area contributed by atoms with Crippen LogP contribution < -0.4 is 11.1 Å². The largest absolute Gasteiger partial charge is 0.460 e. The molecule has 0 amide bonds. The first-order valence-electron chi connectivity index (χ1n) is 8.81. The van der Waals surface area contributed by atoms with E-state index >= 15 is 0 Å². The molecule has 4 rings (SSSR count). The lowest BCUT2D eigenvalue weighted by Gasteiger charge is -2.16. The second-order valence-corrected chi connectivity index (χ2v) is 9.13. The molecule has 2 N–H and O–H groups in total. The summed E-state index contributed by atoms with van der Waals surface area (Å²) in [5.74, 6) is 1.06. The van der Waals surface area contributed by atoms with Gasteiger partial charge in [0, 0.05) is 17.6 Å². The van der Waals surface area contributed by atoms with Crippen LogP contribution in [-0.2, 0) is 16.6 Å². The van der Waals surface area contributed by atoms with Gasteiger partial charge >= 0.3 is 11.1 Å². The Labute approximate surface area is 175 Å². The summed E-state index contributed by atoms with van der Waals surface area (Å²) in [6, 6.07) is 14.7. The fourth-order valence-electron chi connectivity index (χ4n) is 2.97. The standard InChI is InChI=1S/C20H16ClN3O5S/c1-24(11-14-6-9-18(29-14)12-2-4-13(21)5-3-12)30(27,28)15-7-8-16-17(10-15)23-20(26)19(25)22-16/h2-10H,11H2,1H3,(H,22,25)(H,23,26). The number of sulfonamides is 1. The van der Waals surface area contributed by atoms with Gasteiger partial charge in [-0.25, -0.2) is 8.42 Å².